The van der Waals surface area contributed by atoms with Crippen molar-refractivity contribution < 1.29 is 31.4 Å². The molecule has 0 bridgehead atoms. The number of hydrogen-bond donors (Lipinski definition) is 2. The van der Waals surface area contributed by atoms with E-state index in [9.17, 15) is 31.4 Å². The van der Waals surface area contributed by atoms with Gasteiger partial charge in [-0.3, -0.25) is 9.97 Å². The minimum atomic E-state index is -4.61. The number of pyridine rings is 2. The van der Waals surface area contributed by atoms with Crippen molar-refractivity contribution >= 4 is 0 Å². The van der Waals surface area contributed by atoms with E-state index in [2.05, 4.69) is 15.3 Å². The predicted octanol–water partition coefficient (Wildman–Crippen LogP) is 6.44. The van der Waals surface area contributed by atoms with Crippen LogP contribution in [-0.4, -0.2) is 20.6 Å². The van der Waals surface area contributed by atoms with E-state index in [1.165, 1.54) is 18.2 Å². The first-order valence-electron chi connectivity index (χ1n) is 9.83. The Kier molecular flexibility index (Phi) is 6.43. The number of phenolic OH excluding ortho intramolecular Hbond substituents is 1. The van der Waals surface area contributed by atoms with Gasteiger partial charge in [0.15, 0.2) is 0 Å². The molecule has 1 aromatic carbocycles. The van der Waals surface area contributed by atoms with Crippen LogP contribution in [0.5, 0.6) is 5.75 Å². The predicted molar refractivity (Wildman–Crippen MR) is 111 cm³/mol. The molecule has 0 spiro atoms. The molecule has 0 unspecified atom stereocenters. The average molecular weight is 469 g/mol. The summed E-state index contributed by atoms with van der Waals surface area (Å²) in [5.41, 5.74) is -0.823. The molecule has 0 aliphatic rings. The van der Waals surface area contributed by atoms with E-state index in [4.69, 9.17) is 0 Å². The first-order valence-corrected chi connectivity index (χ1v) is 9.83. The molecule has 3 aromatic rings. The van der Waals surface area contributed by atoms with E-state index in [0.717, 1.165) is 24.5 Å². The Morgan fingerprint density at radius 1 is 0.758 bits per heavy atom. The van der Waals surface area contributed by atoms with Crippen molar-refractivity contribution in [2.45, 2.75) is 45.2 Å². The van der Waals surface area contributed by atoms with Crippen molar-refractivity contribution in [1.29, 1.82) is 0 Å². The average Bonchev–Trinajstić information content (AvgIpc) is 2.71. The highest BCUT2D eigenvalue weighted by Gasteiger charge is 2.33. The van der Waals surface area contributed by atoms with Crippen molar-refractivity contribution in [2.24, 2.45) is 0 Å². The van der Waals surface area contributed by atoms with Crippen LogP contribution in [0.3, 0.4) is 0 Å². The van der Waals surface area contributed by atoms with Gasteiger partial charge in [0.05, 0.1) is 0 Å². The lowest BCUT2D eigenvalue weighted by atomic mass is 9.95. The largest absolute Gasteiger partial charge is 0.507 e. The third kappa shape index (κ3) is 6.01. The fourth-order valence-electron chi connectivity index (χ4n) is 3.03. The first-order chi connectivity index (χ1) is 15.1. The molecule has 3 rings (SSSR count). The Labute approximate surface area is 186 Å². The summed E-state index contributed by atoms with van der Waals surface area (Å²) < 4.78 is 77.2. The van der Waals surface area contributed by atoms with Crippen LogP contribution in [0.2, 0.25) is 0 Å². The van der Waals surface area contributed by atoms with Crippen molar-refractivity contribution in [3.05, 3.63) is 65.7 Å². The summed E-state index contributed by atoms with van der Waals surface area (Å²) in [5.74, 6) is -0.170. The van der Waals surface area contributed by atoms with Gasteiger partial charge in [0.25, 0.3) is 0 Å². The number of nitrogens with one attached hydrogen (secondary N) is 1. The molecule has 0 saturated carbocycles. The number of aromatic hydroxyl groups is 1. The van der Waals surface area contributed by atoms with Crippen molar-refractivity contribution in [2.75, 3.05) is 0 Å². The highest BCUT2D eigenvalue weighted by molar-refractivity contribution is 5.78. The van der Waals surface area contributed by atoms with Crippen LogP contribution in [0.15, 0.2) is 48.8 Å². The molecule has 2 N–H and O–H groups in total. The molecule has 0 atom stereocenters. The van der Waals surface area contributed by atoms with Gasteiger partial charge in [0.1, 0.15) is 17.1 Å². The molecule has 33 heavy (non-hydrogen) atoms. The van der Waals surface area contributed by atoms with Crippen LogP contribution in [0.4, 0.5) is 26.3 Å². The van der Waals surface area contributed by atoms with Gasteiger partial charge in [0, 0.05) is 46.7 Å². The quantitative estimate of drug-likeness (QED) is 0.432. The van der Waals surface area contributed by atoms with Gasteiger partial charge in [0.2, 0.25) is 0 Å². The Morgan fingerprint density at radius 2 is 1.27 bits per heavy atom. The van der Waals surface area contributed by atoms with Crippen LogP contribution < -0.4 is 5.32 Å². The number of nitrogens with zero attached hydrogens (tertiary/aromatic N) is 2. The summed E-state index contributed by atoms with van der Waals surface area (Å²) in [6.07, 6.45) is -7.15. The fourth-order valence-corrected chi connectivity index (χ4v) is 3.03. The summed E-state index contributed by atoms with van der Waals surface area (Å²) in [6, 6.07) is 7.14. The second kappa shape index (κ2) is 8.66. The Morgan fingerprint density at radius 3 is 1.70 bits per heavy atom. The van der Waals surface area contributed by atoms with E-state index in [-0.39, 0.29) is 29.0 Å². The summed E-state index contributed by atoms with van der Waals surface area (Å²) in [5, 5.41) is 14.0. The number of phenols is 1. The van der Waals surface area contributed by atoms with Crippen LogP contribution in [0.1, 0.15) is 37.7 Å². The highest BCUT2D eigenvalue weighted by atomic mass is 19.4. The second-order valence-electron chi connectivity index (χ2n) is 8.49. The second-order valence-corrected chi connectivity index (χ2v) is 8.49. The zero-order valence-corrected chi connectivity index (χ0v) is 17.9. The van der Waals surface area contributed by atoms with Crippen LogP contribution in [0, 0.1) is 0 Å². The monoisotopic (exact) mass is 469 g/mol. The number of rotatable bonds is 4. The number of hydrogen-bond acceptors (Lipinski definition) is 4. The van der Waals surface area contributed by atoms with Gasteiger partial charge in [-0.25, -0.2) is 0 Å². The van der Waals surface area contributed by atoms with Crippen LogP contribution in [-0.2, 0) is 18.9 Å². The van der Waals surface area contributed by atoms with Crippen molar-refractivity contribution in [1.82, 2.24) is 15.3 Å². The lowest BCUT2D eigenvalue weighted by Gasteiger charge is -2.22. The molecular formula is C23H21F6N3O. The number of aromatic nitrogens is 2. The normalized spacial score (nSPS) is 12.8. The van der Waals surface area contributed by atoms with E-state index < -0.39 is 23.7 Å². The van der Waals surface area contributed by atoms with Gasteiger partial charge in [-0.1, -0.05) is 12.1 Å². The van der Waals surface area contributed by atoms with Crippen LogP contribution in [0.25, 0.3) is 22.3 Å². The Balaban J connectivity index is 2.10. The first kappa shape index (κ1) is 24.5. The van der Waals surface area contributed by atoms with Crippen molar-refractivity contribution in [3.8, 4) is 28.0 Å². The molecule has 176 valence electrons. The van der Waals surface area contributed by atoms with E-state index >= 15 is 0 Å². The summed E-state index contributed by atoms with van der Waals surface area (Å²) in [6.45, 7) is 5.94. The molecule has 0 saturated heterocycles. The zero-order valence-electron chi connectivity index (χ0n) is 17.9. The SMILES string of the molecule is CC(C)(C)NCc1cc(-c2ccc(C(F)(F)F)nc2)cc(-c2ccc(C(F)(F)F)nc2)c1O. The number of alkyl halides is 6. The summed E-state index contributed by atoms with van der Waals surface area (Å²) in [4.78, 5) is 6.90. The van der Waals surface area contributed by atoms with E-state index in [0.29, 0.717) is 16.7 Å². The lowest BCUT2D eigenvalue weighted by Crippen LogP contribution is -2.35. The zero-order chi connectivity index (χ0) is 24.6. The standard InChI is InChI=1S/C23H21F6N3O/c1-21(2,3)32-12-16-8-15(13-4-6-18(30-10-13)22(24,25)26)9-17(20(16)33)14-5-7-19(31-11-14)23(27,28)29/h4-11,32-33H,12H2,1-3H3. The summed E-state index contributed by atoms with van der Waals surface area (Å²) >= 11 is 0. The molecule has 0 amide bonds. The third-order valence-electron chi connectivity index (χ3n) is 4.75. The maximum absolute atomic E-state index is 12.9. The van der Waals surface area contributed by atoms with E-state index in [1.54, 1.807) is 6.07 Å². The minimum absolute atomic E-state index is 0.170. The summed E-state index contributed by atoms with van der Waals surface area (Å²) in [7, 11) is 0. The molecule has 0 radical (unpaired) electrons. The van der Waals surface area contributed by atoms with Crippen molar-refractivity contribution in [3.63, 3.8) is 0 Å². The highest BCUT2D eigenvalue weighted by Crippen LogP contribution is 2.38. The molecular weight excluding hydrogens is 448 g/mol. The van der Waals surface area contributed by atoms with E-state index in [1.807, 2.05) is 20.8 Å². The maximum atomic E-state index is 12.9. The molecule has 2 heterocycles. The molecule has 0 fully saturated rings. The Bertz CT molecular complexity index is 1120. The number of benzene rings is 1. The maximum Gasteiger partial charge on any atom is 0.433 e. The molecule has 0 aliphatic heterocycles. The minimum Gasteiger partial charge on any atom is -0.507 e. The van der Waals surface area contributed by atoms with Gasteiger partial charge < -0.3 is 10.4 Å². The van der Waals surface area contributed by atoms with Crippen LogP contribution >= 0.6 is 0 Å². The number of halogens is 6. The fraction of sp³-hybridized carbons (Fsp3) is 0.304. The molecule has 4 nitrogen and oxygen atoms in total. The lowest BCUT2D eigenvalue weighted by molar-refractivity contribution is -0.141. The smallest absolute Gasteiger partial charge is 0.433 e. The van der Waals surface area contributed by atoms with Gasteiger partial charge in [-0.05, 0) is 50.6 Å². The van der Waals surface area contributed by atoms with Gasteiger partial charge >= 0.3 is 12.4 Å². The van der Waals surface area contributed by atoms with Gasteiger partial charge in [-0.2, -0.15) is 26.3 Å². The molecule has 2 aromatic heterocycles. The third-order valence-corrected chi connectivity index (χ3v) is 4.75. The molecule has 10 heteroatoms. The molecule has 0 aliphatic carbocycles. The Hall–Kier alpha value is -3.14. The van der Waals surface area contributed by atoms with Gasteiger partial charge in [-0.15, -0.1) is 0 Å². The topological polar surface area (TPSA) is 58.0 Å².